The Morgan fingerprint density at radius 2 is 2.18 bits per heavy atom. The van der Waals surface area contributed by atoms with Crippen molar-refractivity contribution in [3.05, 3.63) is 48.8 Å². The van der Waals surface area contributed by atoms with Gasteiger partial charge in [0.25, 0.3) is 0 Å². The molecule has 0 unspecified atom stereocenters. The number of benzene rings is 1. The fraction of sp³-hybridized carbons (Fsp3) is 0.375. The van der Waals surface area contributed by atoms with E-state index in [-0.39, 0.29) is 5.91 Å². The number of H-pyrrole nitrogens is 1. The van der Waals surface area contributed by atoms with Crippen molar-refractivity contribution in [1.82, 2.24) is 9.88 Å². The smallest absolute Gasteiger partial charge is 0.228 e. The Bertz CT molecular complexity index is 749. The summed E-state index contributed by atoms with van der Waals surface area (Å²) >= 11 is 10.2. The van der Waals surface area contributed by atoms with Crippen LogP contribution in [0.4, 0.5) is 0 Å². The molecule has 0 aliphatic heterocycles. The molecule has 0 radical (unpaired) electrons. The van der Waals surface area contributed by atoms with E-state index in [2.05, 4.69) is 27.0 Å². The Labute approximate surface area is 147 Å². The van der Waals surface area contributed by atoms with Crippen LogP contribution in [0.3, 0.4) is 0 Å². The van der Waals surface area contributed by atoms with E-state index in [1.807, 2.05) is 30.0 Å². The Balaban J connectivity index is 1.76. The van der Waals surface area contributed by atoms with Gasteiger partial charge in [0.2, 0.25) is 5.91 Å². The van der Waals surface area contributed by atoms with E-state index in [1.54, 1.807) is 0 Å². The maximum Gasteiger partial charge on any atom is 0.228 e. The highest BCUT2D eigenvalue weighted by molar-refractivity contribution is 9.10. The fourth-order valence-electron chi connectivity index (χ4n) is 2.46. The van der Waals surface area contributed by atoms with Gasteiger partial charge in [-0.1, -0.05) is 34.1 Å². The predicted molar refractivity (Wildman–Crippen MR) is 95.7 cm³/mol. The zero-order valence-corrected chi connectivity index (χ0v) is 15.5. The zero-order valence-electron chi connectivity index (χ0n) is 12.3. The lowest BCUT2D eigenvalue weighted by molar-refractivity contribution is -0.131. The van der Waals surface area contributed by atoms with Crippen molar-refractivity contribution in [2.24, 2.45) is 0 Å². The summed E-state index contributed by atoms with van der Waals surface area (Å²) in [5.41, 5.74) is 2.17. The van der Waals surface area contributed by atoms with E-state index in [0.717, 1.165) is 37.4 Å². The maximum atomic E-state index is 12.7. The van der Waals surface area contributed by atoms with Gasteiger partial charge in [-0.25, -0.2) is 0 Å². The molecule has 116 valence electrons. The molecule has 2 aromatic rings. The SMILES string of the molecule is Cc1[nH]c(=S)sc1CC(=O)N(Cc1ccccc1Br)C1CC1. The number of hydrogen-bond acceptors (Lipinski definition) is 3. The number of thiazole rings is 1. The van der Waals surface area contributed by atoms with E-state index in [9.17, 15) is 4.79 Å². The molecule has 22 heavy (non-hydrogen) atoms. The van der Waals surface area contributed by atoms with Crippen LogP contribution in [0.1, 0.15) is 29.0 Å². The summed E-state index contributed by atoms with van der Waals surface area (Å²) in [6.45, 7) is 2.64. The summed E-state index contributed by atoms with van der Waals surface area (Å²) < 4.78 is 1.80. The summed E-state index contributed by atoms with van der Waals surface area (Å²) in [5, 5.41) is 0. The average molecular weight is 397 g/mol. The predicted octanol–water partition coefficient (Wildman–Crippen LogP) is 4.61. The zero-order chi connectivity index (χ0) is 15.7. The first-order chi connectivity index (χ1) is 10.5. The lowest BCUT2D eigenvalue weighted by Gasteiger charge is -2.23. The monoisotopic (exact) mass is 396 g/mol. The van der Waals surface area contributed by atoms with Gasteiger partial charge < -0.3 is 9.88 Å². The number of halogens is 1. The van der Waals surface area contributed by atoms with E-state index < -0.39 is 0 Å². The summed E-state index contributed by atoms with van der Waals surface area (Å²) in [4.78, 5) is 18.9. The first-order valence-corrected chi connectivity index (χ1v) is 9.28. The number of rotatable bonds is 5. The highest BCUT2D eigenvalue weighted by Crippen LogP contribution is 2.31. The second kappa shape index (κ2) is 6.64. The van der Waals surface area contributed by atoms with Gasteiger partial charge in [-0.05, 0) is 43.6 Å². The van der Waals surface area contributed by atoms with Crippen molar-refractivity contribution in [2.75, 3.05) is 0 Å². The highest BCUT2D eigenvalue weighted by Gasteiger charge is 2.33. The molecule has 6 heteroatoms. The van der Waals surface area contributed by atoms with Gasteiger partial charge in [0.15, 0.2) is 3.95 Å². The van der Waals surface area contributed by atoms with Gasteiger partial charge in [0.05, 0.1) is 6.42 Å². The molecule has 1 N–H and O–H groups in total. The summed E-state index contributed by atoms with van der Waals surface area (Å²) in [7, 11) is 0. The molecule has 1 amide bonds. The number of carbonyl (C=O) groups is 1. The van der Waals surface area contributed by atoms with Crippen LogP contribution in [-0.4, -0.2) is 21.8 Å². The topological polar surface area (TPSA) is 36.1 Å². The molecule has 1 aliphatic rings. The number of aromatic nitrogens is 1. The molecule has 0 atom stereocenters. The first kappa shape index (κ1) is 15.9. The molecule has 1 aromatic carbocycles. The van der Waals surface area contributed by atoms with Crippen molar-refractivity contribution in [3.8, 4) is 0 Å². The summed E-state index contributed by atoms with van der Waals surface area (Å²) in [6.07, 6.45) is 2.65. The van der Waals surface area contributed by atoms with Crippen LogP contribution in [0.5, 0.6) is 0 Å². The summed E-state index contributed by atoms with van der Waals surface area (Å²) in [6, 6.07) is 8.49. The minimum Gasteiger partial charge on any atom is -0.341 e. The molecule has 0 saturated heterocycles. The first-order valence-electron chi connectivity index (χ1n) is 7.26. The Morgan fingerprint density at radius 1 is 1.45 bits per heavy atom. The van der Waals surface area contributed by atoms with Crippen LogP contribution in [0, 0.1) is 10.9 Å². The van der Waals surface area contributed by atoms with Crippen molar-refractivity contribution in [3.63, 3.8) is 0 Å². The van der Waals surface area contributed by atoms with Crippen LogP contribution in [-0.2, 0) is 17.8 Å². The van der Waals surface area contributed by atoms with Crippen LogP contribution < -0.4 is 0 Å². The van der Waals surface area contributed by atoms with Gasteiger partial charge >= 0.3 is 0 Å². The molecule has 3 nitrogen and oxygen atoms in total. The van der Waals surface area contributed by atoms with E-state index >= 15 is 0 Å². The number of nitrogens with one attached hydrogen (secondary N) is 1. The molecule has 1 saturated carbocycles. The van der Waals surface area contributed by atoms with Crippen molar-refractivity contribution in [2.45, 2.75) is 38.8 Å². The number of aromatic amines is 1. The van der Waals surface area contributed by atoms with Gasteiger partial charge in [0.1, 0.15) is 0 Å². The molecule has 1 aromatic heterocycles. The van der Waals surface area contributed by atoms with Crippen LogP contribution >= 0.6 is 39.5 Å². The van der Waals surface area contributed by atoms with Gasteiger partial charge in [-0.15, -0.1) is 11.3 Å². The third kappa shape index (κ3) is 3.67. The minimum atomic E-state index is 0.187. The molecular formula is C16H17BrN2OS2. The second-order valence-electron chi connectivity index (χ2n) is 5.58. The lowest BCUT2D eigenvalue weighted by atomic mass is 10.2. The van der Waals surface area contributed by atoms with Gasteiger partial charge in [-0.3, -0.25) is 4.79 Å². The lowest BCUT2D eigenvalue weighted by Crippen LogP contribution is -2.33. The quantitative estimate of drug-likeness (QED) is 0.748. The Hall–Kier alpha value is -0.980. The standard InChI is InChI=1S/C16H17BrN2OS2/c1-10-14(22-16(21)18-10)8-15(20)19(12-6-7-12)9-11-4-2-3-5-13(11)17/h2-5,12H,6-9H2,1H3,(H,18,21). The maximum absolute atomic E-state index is 12.7. The molecule has 1 fully saturated rings. The minimum absolute atomic E-state index is 0.187. The molecule has 1 heterocycles. The van der Waals surface area contributed by atoms with Crippen molar-refractivity contribution < 1.29 is 4.79 Å². The second-order valence-corrected chi connectivity index (χ2v) is 8.21. The number of amides is 1. The molecule has 1 aliphatic carbocycles. The van der Waals surface area contributed by atoms with Gasteiger partial charge in [0, 0.05) is 27.6 Å². The highest BCUT2D eigenvalue weighted by atomic mass is 79.9. The number of nitrogens with zero attached hydrogens (tertiary/aromatic N) is 1. The van der Waals surface area contributed by atoms with Crippen LogP contribution in [0.15, 0.2) is 28.7 Å². The van der Waals surface area contributed by atoms with Gasteiger partial charge in [-0.2, -0.15) is 0 Å². The third-order valence-corrected chi connectivity index (χ3v) is 5.95. The van der Waals surface area contributed by atoms with E-state index in [4.69, 9.17) is 12.2 Å². The van der Waals surface area contributed by atoms with E-state index in [0.29, 0.717) is 19.0 Å². The van der Waals surface area contributed by atoms with Crippen LogP contribution in [0.2, 0.25) is 0 Å². The van der Waals surface area contributed by atoms with Crippen molar-refractivity contribution in [1.29, 1.82) is 0 Å². The Morgan fingerprint density at radius 3 is 2.77 bits per heavy atom. The molecule has 0 bridgehead atoms. The molecular weight excluding hydrogens is 380 g/mol. The molecule has 0 spiro atoms. The number of aryl methyl sites for hydroxylation is 1. The Kier molecular flexibility index (Phi) is 4.80. The molecule has 3 rings (SSSR count). The largest absolute Gasteiger partial charge is 0.341 e. The van der Waals surface area contributed by atoms with Crippen molar-refractivity contribution >= 4 is 45.4 Å². The number of hydrogen-bond donors (Lipinski definition) is 1. The summed E-state index contributed by atoms with van der Waals surface area (Å²) in [5.74, 6) is 0.187. The van der Waals surface area contributed by atoms with Crippen LogP contribution in [0.25, 0.3) is 0 Å². The normalized spacial score (nSPS) is 14.1. The van der Waals surface area contributed by atoms with E-state index in [1.165, 1.54) is 11.3 Å². The average Bonchev–Trinajstić information content (AvgIpc) is 3.25. The fourth-order valence-corrected chi connectivity index (χ4v) is 4.15. The number of carbonyl (C=O) groups excluding carboxylic acids is 1. The third-order valence-electron chi connectivity index (χ3n) is 3.84.